The molecule has 0 N–H and O–H groups in total. The predicted octanol–water partition coefficient (Wildman–Crippen LogP) is 2.33. The number of hydrogen-bond donors (Lipinski definition) is 0. The van der Waals surface area contributed by atoms with E-state index in [1.54, 1.807) is 12.2 Å². The van der Waals surface area contributed by atoms with Gasteiger partial charge in [0.05, 0.1) is 4.91 Å². The third-order valence-electron chi connectivity index (χ3n) is 0.679. The molecule has 0 heterocycles. The van der Waals surface area contributed by atoms with Gasteiger partial charge in [0.25, 0.3) is 0 Å². The van der Waals surface area contributed by atoms with Crippen molar-refractivity contribution >= 4 is 11.8 Å². The fourth-order valence-corrected chi connectivity index (χ4v) is 0.948. The maximum absolute atomic E-state index is 8.40. The van der Waals surface area contributed by atoms with Crippen molar-refractivity contribution in [1.29, 1.82) is 5.26 Å². The van der Waals surface area contributed by atoms with Gasteiger partial charge in [-0.25, -0.2) is 0 Å². The fourth-order valence-electron chi connectivity index (χ4n) is 0.380. The molecule has 0 spiro atoms. The van der Waals surface area contributed by atoms with Crippen molar-refractivity contribution in [3.8, 4) is 6.07 Å². The molecule has 0 atom stereocenters. The molecule has 0 rings (SSSR count). The van der Waals surface area contributed by atoms with Crippen LogP contribution in [0.5, 0.6) is 0 Å². The van der Waals surface area contributed by atoms with Crippen LogP contribution < -0.4 is 0 Å². The Bertz CT molecular complexity index is 153. The summed E-state index contributed by atoms with van der Waals surface area (Å²) in [5.74, 6) is 0.938. The van der Waals surface area contributed by atoms with E-state index < -0.39 is 0 Å². The quantitative estimate of drug-likeness (QED) is 0.442. The van der Waals surface area contributed by atoms with Crippen LogP contribution in [-0.2, 0) is 0 Å². The van der Waals surface area contributed by atoms with Crippen LogP contribution >= 0.6 is 11.8 Å². The molecule has 48 valence electrons. The molecule has 0 aromatic rings. The Morgan fingerprint density at radius 3 is 2.89 bits per heavy atom. The highest BCUT2D eigenvalue weighted by Gasteiger charge is 1.88. The van der Waals surface area contributed by atoms with E-state index in [1.165, 1.54) is 11.8 Å². The summed E-state index contributed by atoms with van der Waals surface area (Å²) in [5, 5.41) is 8.40. The molecule has 0 bridgehead atoms. The molecule has 2 heteroatoms. The first-order chi connectivity index (χ1) is 4.35. The third kappa shape index (κ3) is 3.87. The Kier molecular flexibility index (Phi) is 5.04. The van der Waals surface area contributed by atoms with E-state index in [-0.39, 0.29) is 0 Å². The molecule has 0 saturated heterocycles. The normalized spacial score (nSPS) is 10.4. The molecule has 0 saturated carbocycles. The first-order valence-corrected chi connectivity index (χ1v) is 3.69. The lowest BCUT2D eigenvalue weighted by atomic mass is 10.5. The Labute approximate surface area is 60.1 Å². The van der Waals surface area contributed by atoms with E-state index in [0.29, 0.717) is 0 Å². The fraction of sp³-hybridized carbons (Fsp3) is 0.286. The van der Waals surface area contributed by atoms with Gasteiger partial charge in [0, 0.05) is 0 Å². The first kappa shape index (κ1) is 8.32. The van der Waals surface area contributed by atoms with Crippen LogP contribution in [0.4, 0.5) is 0 Å². The van der Waals surface area contributed by atoms with Crippen molar-refractivity contribution in [3.05, 3.63) is 23.6 Å². The van der Waals surface area contributed by atoms with Gasteiger partial charge in [0.1, 0.15) is 6.07 Å². The molecule has 0 aliphatic heterocycles. The summed E-state index contributed by atoms with van der Waals surface area (Å²) in [7, 11) is 0. The minimum Gasteiger partial charge on any atom is -0.192 e. The Balaban J connectivity index is 3.85. The molecular formula is C7H9NS. The standard InChI is InChI=1S/C7H9NS/c1-3-5-7(6-8)9-4-2/h3,5H,1,4H2,2H3/b7-5-. The molecular weight excluding hydrogens is 130 g/mol. The number of nitriles is 1. The molecule has 0 amide bonds. The number of allylic oxidation sites excluding steroid dienone is 3. The highest BCUT2D eigenvalue weighted by Crippen LogP contribution is 2.12. The predicted molar refractivity (Wildman–Crippen MR) is 42.0 cm³/mol. The van der Waals surface area contributed by atoms with Crippen LogP contribution in [0.2, 0.25) is 0 Å². The van der Waals surface area contributed by atoms with Gasteiger partial charge in [-0.2, -0.15) is 5.26 Å². The third-order valence-corrected chi connectivity index (χ3v) is 1.51. The largest absolute Gasteiger partial charge is 0.192 e. The second kappa shape index (κ2) is 5.46. The minimum absolute atomic E-state index is 0.729. The molecule has 0 radical (unpaired) electrons. The number of rotatable bonds is 3. The van der Waals surface area contributed by atoms with E-state index >= 15 is 0 Å². The van der Waals surface area contributed by atoms with Crippen molar-refractivity contribution in [3.63, 3.8) is 0 Å². The van der Waals surface area contributed by atoms with E-state index in [9.17, 15) is 0 Å². The summed E-state index contributed by atoms with van der Waals surface area (Å²) in [6.07, 6.45) is 3.34. The van der Waals surface area contributed by atoms with Gasteiger partial charge in [0.2, 0.25) is 0 Å². The van der Waals surface area contributed by atoms with E-state index in [2.05, 4.69) is 12.6 Å². The van der Waals surface area contributed by atoms with Gasteiger partial charge in [-0.3, -0.25) is 0 Å². The summed E-state index contributed by atoms with van der Waals surface area (Å²) in [4.78, 5) is 0.729. The summed E-state index contributed by atoms with van der Waals surface area (Å²) < 4.78 is 0. The average molecular weight is 139 g/mol. The lowest BCUT2D eigenvalue weighted by molar-refractivity contribution is 1.51. The molecule has 0 unspecified atom stereocenters. The SMILES string of the molecule is C=C/C=C(/C#N)SCC. The van der Waals surface area contributed by atoms with Crippen molar-refractivity contribution < 1.29 is 0 Å². The topological polar surface area (TPSA) is 23.8 Å². The van der Waals surface area contributed by atoms with Crippen LogP contribution in [0.15, 0.2) is 23.6 Å². The van der Waals surface area contributed by atoms with Gasteiger partial charge in [0.15, 0.2) is 0 Å². The molecule has 0 aliphatic rings. The molecule has 1 nitrogen and oxygen atoms in total. The highest BCUT2D eigenvalue weighted by molar-refractivity contribution is 8.03. The second-order valence-corrected chi connectivity index (χ2v) is 2.62. The molecule has 9 heavy (non-hydrogen) atoms. The van der Waals surface area contributed by atoms with Crippen molar-refractivity contribution in [2.75, 3.05) is 5.75 Å². The van der Waals surface area contributed by atoms with E-state index in [0.717, 1.165) is 10.7 Å². The van der Waals surface area contributed by atoms with Gasteiger partial charge in [-0.05, 0) is 11.8 Å². The van der Waals surface area contributed by atoms with Crippen molar-refractivity contribution in [2.24, 2.45) is 0 Å². The van der Waals surface area contributed by atoms with Crippen LogP contribution in [0.3, 0.4) is 0 Å². The highest BCUT2D eigenvalue weighted by atomic mass is 32.2. The first-order valence-electron chi connectivity index (χ1n) is 2.70. The van der Waals surface area contributed by atoms with Crippen LogP contribution in [0, 0.1) is 11.3 Å². The molecule has 0 aromatic heterocycles. The zero-order valence-electron chi connectivity index (χ0n) is 5.42. The average Bonchev–Trinajstić information content (AvgIpc) is 1.88. The Morgan fingerprint density at radius 1 is 1.89 bits per heavy atom. The summed E-state index contributed by atoms with van der Waals surface area (Å²) in [6, 6.07) is 2.06. The summed E-state index contributed by atoms with van der Waals surface area (Å²) >= 11 is 1.53. The monoisotopic (exact) mass is 139 g/mol. The molecule has 0 aromatic carbocycles. The molecule has 0 aliphatic carbocycles. The van der Waals surface area contributed by atoms with Crippen molar-refractivity contribution in [2.45, 2.75) is 6.92 Å². The zero-order valence-corrected chi connectivity index (χ0v) is 6.24. The lowest BCUT2D eigenvalue weighted by Crippen LogP contribution is -1.69. The van der Waals surface area contributed by atoms with Gasteiger partial charge in [-0.1, -0.05) is 19.6 Å². The maximum Gasteiger partial charge on any atom is 0.106 e. The summed E-state index contributed by atoms with van der Waals surface area (Å²) in [6.45, 7) is 5.50. The van der Waals surface area contributed by atoms with Crippen LogP contribution in [0.25, 0.3) is 0 Å². The number of nitrogens with zero attached hydrogens (tertiary/aromatic N) is 1. The smallest absolute Gasteiger partial charge is 0.106 e. The van der Waals surface area contributed by atoms with E-state index in [1.807, 2.05) is 6.92 Å². The van der Waals surface area contributed by atoms with E-state index in [4.69, 9.17) is 5.26 Å². The second-order valence-electron chi connectivity index (χ2n) is 1.31. The Hall–Kier alpha value is -0.680. The zero-order chi connectivity index (χ0) is 7.11. The van der Waals surface area contributed by atoms with Crippen LogP contribution in [-0.4, -0.2) is 5.75 Å². The maximum atomic E-state index is 8.40. The van der Waals surface area contributed by atoms with Gasteiger partial charge >= 0.3 is 0 Å². The molecule has 0 fully saturated rings. The number of hydrogen-bond acceptors (Lipinski definition) is 2. The minimum atomic E-state index is 0.729. The van der Waals surface area contributed by atoms with Gasteiger partial charge in [-0.15, -0.1) is 11.8 Å². The van der Waals surface area contributed by atoms with Crippen LogP contribution in [0.1, 0.15) is 6.92 Å². The Morgan fingerprint density at radius 2 is 2.56 bits per heavy atom. The van der Waals surface area contributed by atoms with Gasteiger partial charge < -0.3 is 0 Å². The lowest BCUT2D eigenvalue weighted by Gasteiger charge is -1.88. The number of thioether (sulfide) groups is 1. The summed E-state index contributed by atoms with van der Waals surface area (Å²) in [5.41, 5.74) is 0. The van der Waals surface area contributed by atoms with Crippen molar-refractivity contribution in [1.82, 2.24) is 0 Å².